The van der Waals surface area contributed by atoms with Crippen LogP contribution in [0.4, 0.5) is 5.69 Å². The third kappa shape index (κ3) is 1.50. The highest BCUT2D eigenvalue weighted by atomic mass is 15.0. The number of hydrogen-bond acceptors (Lipinski definition) is 1. The number of rotatable bonds is 0. The zero-order valence-corrected chi connectivity index (χ0v) is 9.83. The molecule has 0 aliphatic carbocycles. The van der Waals surface area contributed by atoms with Gasteiger partial charge in [-0.2, -0.15) is 0 Å². The SMILES string of the molecule is Cc1ccc(N)c2ccn(C(C)(C)C)c12. The molecule has 1 heterocycles. The van der Waals surface area contributed by atoms with E-state index in [1.807, 2.05) is 6.07 Å². The van der Waals surface area contributed by atoms with Crippen LogP contribution in [0.2, 0.25) is 0 Å². The minimum absolute atomic E-state index is 0.0975. The van der Waals surface area contributed by atoms with Crippen molar-refractivity contribution < 1.29 is 0 Å². The molecule has 0 radical (unpaired) electrons. The predicted octanol–water partition coefficient (Wildman–Crippen LogP) is 3.29. The van der Waals surface area contributed by atoms with E-state index in [2.05, 4.69) is 50.6 Å². The first-order chi connectivity index (χ1) is 6.91. The molecule has 1 aromatic carbocycles. The van der Waals surface area contributed by atoms with Crippen molar-refractivity contribution >= 4 is 16.6 Å². The minimum Gasteiger partial charge on any atom is -0.398 e. The Morgan fingerprint density at radius 3 is 2.40 bits per heavy atom. The molecule has 1 aromatic heterocycles. The van der Waals surface area contributed by atoms with Gasteiger partial charge in [-0.05, 0) is 45.4 Å². The Morgan fingerprint density at radius 2 is 1.80 bits per heavy atom. The molecule has 0 unspecified atom stereocenters. The summed E-state index contributed by atoms with van der Waals surface area (Å²) in [7, 11) is 0. The van der Waals surface area contributed by atoms with Crippen LogP contribution in [0.5, 0.6) is 0 Å². The number of nitrogen functional groups attached to an aromatic ring is 1. The van der Waals surface area contributed by atoms with Crippen LogP contribution in [0.25, 0.3) is 10.9 Å². The number of benzene rings is 1. The highest BCUT2D eigenvalue weighted by Gasteiger charge is 2.16. The lowest BCUT2D eigenvalue weighted by atomic mass is 10.1. The molecule has 0 fully saturated rings. The maximum atomic E-state index is 5.97. The first-order valence-electron chi connectivity index (χ1n) is 5.28. The average Bonchev–Trinajstić information content (AvgIpc) is 2.55. The second-order valence-corrected chi connectivity index (χ2v) is 5.09. The largest absolute Gasteiger partial charge is 0.398 e. The molecule has 0 aliphatic rings. The summed E-state index contributed by atoms with van der Waals surface area (Å²) in [6, 6.07) is 6.16. The van der Waals surface area contributed by atoms with Gasteiger partial charge < -0.3 is 10.3 Å². The maximum Gasteiger partial charge on any atom is 0.0535 e. The van der Waals surface area contributed by atoms with Gasteiger partial charge in [0.2, 0.25) is 0 Å². The molecule has 2 aromatic rings. The molecule has 0 saturated heterocycles. The minimum atomic E-state index is 0.0975. The molecule has 0 saturated carbocycles. The molecular weight excluding hydrogens is 184 g/mol. The van der Waals surface area contributed by atoms with Gasteiger partial charge in [-0.15, -0.1) is 0 Å². The molecule has 0 atom stereocenters. The van der Waals surface area contributed by atoms with E-state index in [-0.39, 0.29) is 5.54 Å². The Hall–Kier alpha value is -1.44. The van der Waals surface area contributed by atoms with Crippen molar-refractivity contribution in [2.75, 3.05) is 5.73 Å². The fraction of sp³-hybridized carbons (Fsp3) is 0.385. The van der Waals surface area contributed by atoms with Crippen molar-refractivity contribution in [3.8, 4) is 0 Å². The molecule has 2 N–H and O–H groups in total. The lowest BCUT2D eigenvalue weighted by molar-refractivity contribution is 0.410. The highest BCUT2D eigenvalue weighted by Crippen LogP contribution is 2.29. The van der Waals surface area contributed by atoms with E-state index >= 15 is 0 Å². The Balaban J connectivity index is 2.85. The summed E-state index contributed by atoms with van der Waals surface area (Å²) < 4.78 is 2.29. The fourth-order valence-electron chi connectivity index (χ4n) is 2.01. The molecule has 2 nitrogen and oxygen atoms in total. The van der Waals surface area contributed by atoms with Gasteiger partial charge in [0.05, 0.1) is 5.52 Å². The van der Waals surface area contributed by atoms with E-state index in [9.17, 15) is 0 Å². The van der Waals surface area contributed by atoms with Crippen LogP contribution in [-0.2, 0) is 5.54 Å². The van der Waals surface area contributed by atoms with Crippen LogP contribution in [0.1, 0.15) is 26.3 Å². The fourth-order valence-corrected chi connectivity index (χ4v) is 2.01. The molecule has 2 rings (SSSR count). The van der Waals surface area contributed by atoms with Crippen molar-refractivity contribution in [2.45, 2.75) is 33.2 Å². The molecule has 0 bridgehead atoms. The molecule has 2 heteroatoms. The zero-order chi connectivity index (χ0) is 11.2. The van der Waals surface area contributed by atoms with E-state index in [1.54, 1.807) is 0 Å². The molecule has 0 amide bonds. The van der Waals surface area contributed by atoms with Gasteiger partial charge in [0, 0.05) is 22.8 Å². The number of anilines is 1. The van der Waals surface area contributed by atoms with Crippen molar-refractivity contribution in [1.82, 2.24) is 4.57 Å². The van der Waals surface area contributed by atoms with Gasteiger partial charge in [-0.1, -0.05) is 6.07 Å². The van der Waals surface area contributed by atoms with Gasteiger partial charge in [-0.3, -0.25) is 0 Å². The quantitative estimate of drug-likeness (QED) is 0.653. The lowest BCUT2D eigenvalue weighted by Gasteiger charge is -2.23. The third-order valence-electron chi connectivity index (χ3n) is 2.81. The van der Waals surface area contributed by atoms with Gasteiger partial charge >= 0.3 is 0 Å². The summed E-state index contributed by atoms with van der Waals surface area (Å²) in [5, 5.41) is 1.16. The van der Waals surface area contributed by atoms with E-state index < -0.39 is 0 Å². The molecule has 80 valence electrons. The second-order valence-electron chi connectivity index (χ2n) is 5.09. The topological polar surface area (TPSA) is 30.9 Å². The van der Waals surface area contributed by atoms with Crippen molar-refractivity contribution in [2.24, 2.45) is 0 Å². The van der Waals surface area contributed by atoms with Gasteiger partial charge in [0.1, 0.15) is 0 Å². The summed E-state index contributed by atoms with van der Waals surface area (Å²) >= 11 is 0. The number of nitrogens with two attached hydrogens (primary N) is 1. The average molecular weight is 202 g/mol. The van der Waals surface area contributed by atoms with Crippen LogP contribution >= 0.6 is 0 Å². The predicted molar refractivity (Wildman–Crippen MR) is 66.1 cm³/mol. The first-order valence-corrected chi connectivity index (χ1v) is 5.28. The normalized spacial score (nSPS) is 12.3. The maximum absolute atomic E-state index is 5.97. The van der Waals surface area contributed by atoms with Crippen LogP contribution in [0.15, 0.2) is 24.4 Å². The van der Waals surface area contributed by atoms with E-state index in [4.69, 9.17) is 5.73 Å². The Bertz CT molecular complexity index is 501. The molecule has 0 aliphatic heterocycles. The summed E-state index contributed by atoms with van der Waals surface area (Å²) in [4.78, 5) is 0. The van der Waals surface area contributed by atoms with Crippen molar-refractivity contribution in [1.29, 1.82) is 0 Å². The van der Waals surface area contributed by atoms with Gasteiger partial charge in [0.15, 0.2) is 0 Å². The Kier molecular flexibility index (Phi) is 2.03. The van der Waals surface area contributed by atoms with Crippen molar-refractivity contribution in [3.05, 3.63) is 30.0 Å². The highest BCUT2D eigenvalue weighted by molar-refractivity contribution is 5.93. The van der Waals surface area contributed by atoms with E-state index in [0.29, 0.717) is 0 Å². The smallest absolute Gasteiger partial charge is 0.0535 e. The van der Waals surface area contributed by atoms with Crippen LogP contribution in [0.3, 0.4) is 0 Å². The summed E-state index contributed by atoms with van der Waals surface area (Å²) in [5.41, 5.74) is 9.45. The van der Waals surface area contributed by atoms with Gasteiger partial charge in [-0.25, -0.2) is 0 Å². The monoisotopic (exact) mass is 202 g/mol. The number of fused-ring (bicyclic) bond motifs is 1. The third-order valence-corrected chi connectivity index (χ3v) is 2.81. The number of nitrogens with zero attached hydrogens (tertiary/aromatic N) is 1. The molecular formula is C13H18N2. The van der Waals surface area contributed by atoms with Crippen LogP contribution in [-0.4, -0.2) is 4.57 Å². The lowest BCUT2D eigenvalue weighted by Crippen LogP contribution is -2.20. The van der Waals surface area contributed by atoms with Crippen molar-refractivity contribution in [3.63, 3.8) is 0 Å². The second kappa shape index (κ2) is 3.02. The van der Waals surface area contributed by atoms with Crippen LogP contribution < -0.4 is 5.73 Å². The Labute approximate surface area is 90.7 Å². The number of hydrogen-bond donors (Lipinski definition) is 1. The summed E-state index contributed by atoms with van der Waals surface area (Å²) in [6.45, 7) is 8.74. The number of aromatic nitrogens is 1. The molecule has 0 spiro atoms. The summed E-state index contributed by atoms with van der Waals surface area (Å²) in [5.74, 6) is 0. The zero-order valence-electron chi connectivity index (χ0n) is 9.83. The first kappa shape index (κ1) is 10.1. The van der Waals surface area contributed by atoms with E-state index in [0.717, 1.165) is 11.1 Å². The van der Waals surface area contributed by atoms with Crippen LogP contribution in [0, 0.1) is 6.92 Å². The van der Waals surface area contributed by atoms with Gasteiger partial charge in [0.25, 0.3) is 0 Å². The summed E-state index contributed by atoms with van der Waals surface area (Å²) in [6.07, 6.45) is 2.12. The molecule has 15 heavy (non-hydrogen) atoms. The Morgan fingerprint density at radius 1 is 1.13 bits per heavy atom. The number of aryl methyl sites for hydroxylation is 1. The van der Waals surface area contributed by atoms with E-state index in [1.165, 1.54) is 11.1 Å². The standard InChI is InChI=1S/C13H18N2/c1-9-5-6-11(14)10-7-8-15(12(9)10)13(2,3)4/h5-8H,14H2,1-4H3.